The van der Waals surface area contributed by atoms with Crippen LogP contribution in [0.15, 0.2) is 54.6 Å². The van der Waals surface area contributed by atoms with Crippen molar-refractivity contribution < 1.29 is 4.74 Å². The Bertz CT molecular complexity index is 661. The summed E-state index contributed by atoms with van der Waals surface area (Å²) in [4.78, 5) is 1.51. The van der Waals surface area contributed by atoms with Crippen molar-refractivity contribution in [2.24, 2.45) is 0 Å². The molecular formula is C14H12N4O. The van der Waals surface area contributed by atoms with Crippen LogP contribution in [0.1, 0.15) is 0 Å². The third-order valence-corrected chi connectivity index (χ3v) is 2.75. The fraction of sp³-hybridized carbons (Fsp3) is 0.0714. The van der Waals surface area contributed by atoms with Crippen LogP contribution in [0.25, 0.3) is 17.1 Å². The molecule has 0 saturated carbocycles. The molecule has 0 N–H and O–H groups in total. The molecule has 19 heavy (non-hydrogen) atoms. The van der Waals surface area contributed by atoms with Crippen LogP contribution in [0.4, 0.5) is 0 Å². The Hall–Kier alpha value is -2.69. The number of rotatable bonds is 3. The Morgan fingerprint density at radius 3 is 2.37 bits per heavy atom. The van der Waals surface area contributed by atoms with E-state index in [1.54, 1.807) is 7.11 Å². The van der Waals surface area contributed by atoms with Crippen molar-refractivity contribution >= 4 is 0 Å². The molecule has 0 radical (unpaired) electrons. The van der Waals surface area contributed by atoms with Gasteiger partial charge in [0, 0.05) is 5.56 Å². The second kappa shape index (κ2) is 4.89. The number of para-hydroxylation sites is 1. The molecule has 1 heterocycles. The summed E-state index contributed by atoms with van der Waals surface area (Å²) in [5.41, 5.74) is 1.79. The predicted octanol–water partition coefficient (Wildman–Crippen LogP) is 2.34. The molecular weight excluding hydrogens is 240 g/mol. The van der Waals surface area contributed by atoms with Crippen LogP contribution in [0, 0.1) is 0 Å². The van der Waals surface area contributed by atoms with Crippen LogP contribution in [0.3, 0.4) is 0 Å². The molecule has 2 aromatic carbocycles. The Kier molecular flexibility index (Phi) is 2.94. The quantitative estimate of drug-likeness (QED) is 0.718. The van der Waals surface area contributed by atoms with Crippen molar-refractivity contribution in [3.8, 4) is 22.8 Å². The van der Waals surface area contributed by atoms with Crippen LogP contribution in [0.2, 0.25) is 0 Å². The van der Waals surface area contributed by atoms with Crippen LogP contribution in [0.5, 0.6) is 5.75 Å². The third kappa shape index (κ3) is 2.30. The van der Waals surface area contributed by atoms with Crippen LogP contribution in [-0.2, 0) is 0 Å². The Morgan fingerprint density at radius 1 is 0.947 bits per heavy atom. The molecule has 0 amide bonds. The van der Waals surface area contributed by atoms with Gasteiger partial charge in [0.25, 0.3) is 0 Å². The van der Waals surface area contributed by atoms with Gasteiger partial charge in [-0.2, -0.15) is 0 Å². The Labute approximate surface area is 110 Å². The SMILES string of the molecule is COc1ccc(-c2nnn(-c3ccccc3)n2)cc1. The first-order chi connectivity index (χ1) is 9.36. The van der Waals surface area contributed by atoms with Gasteiger partial charge < -0.3 is 4.74 Å². The minimum Gasteiger partial charge on any atom is -0.497 e. The van der Waals surface area contributed by atoms with Gasteiger partial charge in [-0.05, 0) is 41.6 Å². The van der Waals surface area contributed by atoms with Crippen molar-refractivity contribution in [1.82, 2.24) is 20.2 Å². The highest BCUT2D eigenvalue weighted by atomic mass is 16.5. The van der Waals surface area contributed by atoms with Crippen LogP contribution >= 0.6 is 0 Å². The number of tetrazole rings is 1. The number of hydrogen-bond donors (Lipinski definition) is 0. The number of benzene rings is 2. The molecule has 3 rings (SSSR count). The minimum atomic E-state index is 0.589. The van der Waals surface area contributed by atoms with Gasteiger partial charge in [-0.1, -0.05) is 18.2 Å². The predicted molar refractivity (Wildman–Crippen MR) is 71.1 cm³/mol. The van der Waals surface area contributed by atoms with Crippen molar-refractivity contribution in [2.75, 3.05) is 7.11 Å². The maximum Gasteiger partial charge on any atom is 0.205 e. The van der Waals surface area contributed by atoms with Crippen LogP contribution in [-0.4, -0.2) is 27.3 Å². The van der Waals surface area contributed by atoms with Gasteiger partial charge in [0.2, 0.25) is 5.82 Å². The molecule has 3 aromatic rings. The molecule has 0 aliphatic rings. The first-order valence-electron chi connectivity index (χ1n) is 5.87. The zero-order valence-corrected chi connectivity index (χ0v) is 10.4. The van der Waals surface area contributed by atoms with Gasteiger partial charge in [-0.3, -0.25) is 0 Å². The van der Waals surface area contributed by atoms with E-state index in [0.717, 1.165) is 17.0 Å². The van der Waals surface area contributed by atoms with Gasteiger partial charge in [-0.25, -0.2) is 0 Å². The van der Waals surface area contributed by atoms with Crippen molar-refractivity contribution in [3.63, 3.8) is 0 Å². The Balaban J connectivity index is 1.92. The molecule has 1 aromatic heterocycles. The topological polar surface area (TPSA) is 52.8 Å². The van der Waals surface area contributed by atoms with Gasteiger partial charge in [0.05, 0.1) is 12.8 Å². The maximum atomic E-state index is 5.12. The van der Waals surface area contributed by atoms with Gasteiger partial charge in [0.1, 0.15) is 5.75 Å². The standard InChI is InChI=1S/C14H12N4O/c1-19-13-9-7-11(8-10-13)14-15-17-18(16-14)12-5-3-2-4-6-12/h2-10H,1H3. The summed E-state index contributed by atoms with van der Waals surface area (Å²) in [6.45, 7) is 0. The molecule has 5 nitrogen and oxygen atoms in total. The molecule has 0 unspecified atom stereocenters. The molecule has 0 aliphatic heterocycles. The molecule has 0 bridgehead atoms. The molecule has 0 fully saturated rings. The lowest BCUT2D eigenvalue weighted by molar-refractivity contribution is 0.415. The number of aromatic nitrogens is 4. The molecule has 0 spiro atoms. The average Bonchev–Trinajstić information content (AvgIpc) is 2.98. The first-order valence-corrected chi connectivity index (χ1v) is 5.87. The number of methoxy groups -OCH3 is 1. The number of nitrogens with zero attached hydrogens (tertiary/aromatic N) is 4. The molecule has 0 atom stereocenters. The molecule has 0 aliphatic carbocycles. The second-order valence-corrected chi connectivity index (χ2v) is 3.97. The summed E-state index contributed by atoms with van der Waals surface area (Å²) >= 11 is 0. The smallest absolute Gasteiger partial charge is 0.205 e. The fourth-order valence-corrected chi connectivity index (χ4v) is 1.74. The van der Waals surface area contributed by atoms with E-state index < -0.39 is 0 Å². The number of ether oxygens (including phenoxy) is 1. The van der Waals surface area contributed by atoms with Gasteiger partial charge in [-0.15, -0.1) is 15.0 Å². The fourth-order valence-electron chi connectivity index (χ4n) is 1.74. The summed E-state index contributed by atoms with van der Waals surface area (Å²) < 4.78 is 5.12. The van der Waals surface area contributed by atoms with E-state index in [1.165, 1.54) is 4.80 Å². The molecule has 5 heteroatoms. The zero-order chi connectivity index (χ0) is 13.1. The van der Waals surface area contributed by atoms with Crippen molar-refractivity contribution in [3.05, 3.63) is 54.6 Å². The lowest BCUT2D eigenvalue weighted by Gasteiger charge is -1.99. The van der Waals surface area contributed by atoms with Crippen molar-refractivity contribution in [2.45, 2.75) is 0 Å². The highest BCUT2D eigenvalue weighted by Crippen LogP contribution is 2.18. The molecule has 94 valence electrons. The minimum absolute atomic E-state index is 0.589. The summed E-state index contributed by atoms with van der Waals surface area (Å²) in [6, 6.07) is 17.2. The van der Waals surface area contributed by atoms with Crippen molar-refractivity contribution in [1.29, 1.82) is 0 Å². The van der Waals surface area contributed by atoms with E-state index in [-0.39, 0.29) is 0 Å². The summed E-state index contributed by atoms with van der Waals surface area (Å²) in [6.07, 6.45) is 0. The van der Waals surface area contributed by atoms with E-state index in [9.17, 15) is 0 Å². The largest absolute Gasteiger partial charge is 0.497 e. The first kappa shape index (κ1) is 11.4. The molecule has 0 saturated heterocycles. The zero-order valence-electron chi connectivity index (χ0n) is 10.4. The average molecular weight is 252 g/mol. The van der Waals surface area contributed by atoms with Gasteiger partial charge >= 0.3 is 0 Å². The number of hydrogen-bond acceptors (Lipinski definition) is 4. The highest BCUT2D eigenvalue weighted by molar-refractivity contribution is 5.55. The van der Waals surface area contributed by atoms with E-state index >= 15 is 0 Å². The lowest BCUT2D eigenvalue weighted by atomic mass is 10.2. The monoisotopic (exact) mass is 252 g/mol. The normalized spacial score (nSPS) is 10.4. The lowest BCUT2D eigenvalue weighted by Crippen LogP contribution is -1.98. The Morgan fingerprint density at radius 2 is 1.68 bits per heavy atom. The van der Waals surface area contributed by atoms with E-state index in [1.807, 2.05) is 54.6 Å². The summed E-state index contributed by atoms with van der Waals surface area (Å²) in [7, 11) is 1.64. The third-order valence-electron chi connectivity index (χ3n) is 2.75. The highest BCUT2D eigenvalue weighted by Gasteiger charge is 2.06. The summed E-state index contributed by atoms with van der Waals surface area (Å²) in [5, 5.41) is 12.5. The van der Waals surface area contributed by atoms with Gasteiger partial charge in [0.15, 0.2) is 0 Å². The second-order valence-electron chi connectivity index (χ2n) is 3.97. The van der Waals surface area contributed by atoms with E-state index in [0.29, 0.717) is 5.82 Å². The van der Waals surface area contributed by atoms with E-state index in [2.05, 4.69) is 15.4 Å². The summed E-state index contributed by atoms with van der Waals surface area (Å²) in [5.74, 6) is 1.39. The maximum absolute atomic E-state index is 5.12. The van der Waals surface area contributed by atoms with Crippen LogP contribution < -0.4 is 4.74 Å². The van der Waals surface area contributed by atoms with E-state index in [4.69, 9.17) is 4.74 Å².